The average Bonchev–Trinajstić information content (AvgIpc) is 3.92. The van der Waals surface area contributed by atoms with E-state index >= 15 is 0 Å². The second kappa shape index (κ2) is 15.0. The Balaban J connectivity index is 0.902. The molecule has 2 aromatic heterocycles. The second-order valence-corrected chi connectivity index (χ2v) is 16.9. The first kappa shape index (κ1) is 36.9. The van der Waals surface area contributed by atoms with Gasteiger partial charge in [-0.05, 0) is 122 Å². The summed E-state index contributed by atoms with van der Waals surface area (Å²) in [6, 6.07) is 87.7. The van der Waals surface area contributed by atoms with Gasteiger partial charge in [-0.15, -0.1) is 0 Å². The molecular formula is C62H40N2O. The molecule has 3 heteroatoms. The Hall–Kier alpha value is -8.66. The van der Waals surface area contributed by atoms with Crippen LogP contribution in [0.4, 0.5) is 17.1 Å². The van der Waals surface area contributed by atoms with Crippen molar-refractivity contribution in [1.29, 1.82) is 0 Å². The number of rotatable bonds is 7. The lowest BCUT2D eigenvalue weighted by Crippen LogP contribution is -2.09. The van der Waals surface area contributed by atoms with Crippen molar-refractivity contribution in [2.75, 3.05) is 4.90 Å². The minimum absolute atomic E-state index is 0.898. The number of furan rings is 1. The maximum absolute atomic E-state index is 6.27. The summed E-state index contributed by atoms with van der Waals surface area (Å²) in [5.74, 6) is 0. The summed E-state index contributed by atoms with van der Waals surface area (Å²) >= 11 is 0. The van der Waals surface area contributed by atoms with Crippen LogP contribution >= 0.6 is 0 Å². The molecule has 3 nitrogen and oxygen atoms in total. The predicted octanol–water partition coefficient (Wildman–Crippen LogP) is 17.5. The Kier molecular flexibility index (Phi) is 8.53. The van der Waals surface area contributed by atoms with Gasteiger partial charge in [0.2, 0.25) is 0 Å². The molecule has 0 radical (unpaired) electrons. The van der Waals surface area contributed by atoms with Crippen molar-refractivity contribution in [2.45, 2.75) is 0 Å². The minimum atomic E-state index is 0.898. The van der Waals surface area contributed by atoms with Crippen LogP contribution in [0.3, 0.4) is 0 Å². The third kappa shape index (κ3) is 6.20. The van der Waals surface area contributed by atoms with Gasteiger partial charge in [-0.1, -0.05) is 170 Å². The van der Waals surface area contributed by atoms with Crippen LogP contribution in [0.25, 0.3) is 104 Å². The SMILES string of the molecule is c1ccc(-n2c3cc(-c4ccc(N(c5ccc(-c6ccc7c(c6)oc6ccccc67)cc5)c5ccc(-c6cccc7ccccc67)cc5)cc4)ccc3c3ccc4ccccc4c32)cc1. The Morgan fingerprint density at radius 2 is 0.815 bits per heavy atom. The van der Waals surface area contributed by atoms with Crippen molar-refractivity contribution in [3.05, 3.63) is 243 Å². The van der Waals surface area contributed by atoms with Crippen LogP contribution in [0.2, 0.25) is 0 Å². The summed E-state index contributed by atoms with van der Waals surface area (Å²) in [6.07, 6.45) is 0. The molecule has 0 fully saturated rings. The number of fused-ring (bicyclic) bond motifs is 9. The molecule has 0 bridgehead atoms. The van der Waals surface area contributed by atoms with Crippen LogP contribution in [0.15, 0.2) is 247 Å². The van der Waals surface area contributed by atoms with Gasteiger partial charge >= 0.3 is 0 Å². The van der Waals surface area contributed by atoms with Crippen molar-refractivity contribution < 1.29 is 4.42 Å². The Morgan fingerprint density at radius 3 is 1.52 bits per heavy atom. The number of hydrogen-bond donors (Lipinski definition) is 0. The standard InChI is InChI=1S/C62H40N2O/c1-2-14-48(15-3-1)64-59-39-46(28-36-55(59)58-38-27-44-12-5-7-17-54(44)62(58)64)41-21-30-49(31-22-41)63(51-34-25-45(26-35-51)53-19-10-13-43-11-4-6-16-52(43)53)50-32-23-42(24-33-50)47-29-37-57-56-18-8-9-20-60(56)65-61(57)40-47/h1-40H. The van der Waals surface area contributed by atoms with E-state index in [0.29, 0.717) is 0 Å². The summed E-state index contributed by atoms with van der Waals surface area (Å²) in [4.78, 5) is 2.35. The quantitative estimate of drug-likeness (QED) is 0.160. The van der Waals surface area contributed by atoms with Crippen LogP contribution < -0.4 is 4.90 Å². The molecule has 0 N–H and O–H groups in total. The molecule has 13 rings (SSSR count). The van der Waals surface area contributed by atoms with E-state index in [9.17, 15) is 0 Å². The molecule has 65 heavy (non-hydrogen) atoms. The molecule has 0 aliphatic carbocycles. The number of hydrogen-bond acceptors (Lipinski definition) is 2. The first-order valence-corrected chi connectivity index (χ1v) is 22.2. The molecule has 0 spiro atoms. The van der Waals surface area contributed by atoms with Crippen molar-refractivity contribution in [3.8, 4) is 39.1 Å². The van der Waals surface area contributed by atoms with Crippen LogP contribution in [0.1, 0.15) is 0 Å². The summed E-state index contributed by atoms with van der Waals surface area (Å²) < 4.78 is 8.70. The Labute approximate surface area is 376 Å². The Bertz CT molecular complexity index is 3910. The van der Waals surface area contributed by atoms with Crippen LogP contribution in [-0.4, -0.2) is 4.57 Å². The lowest BCUT2D eigenvalue weighted by atomic mass is 9.98. The van der Waals surface area contributed by atoms with E-state index in [1.807, 2.05) is 12.1 Å². The van der Waals surface area contributed by atoms with Gasteiger partial charge in [-0.3, -0.25) is 0 Å². The lowest BCUT2D eigenvalue weighted by molar-refractivity contribution is 0.669. The topological polar surface area (TPSA) is 21.3 Å². The molecule has 304 valence electrons. The fraction of sp³-hybridized carbons (Fsp3) is 0. The van der Waals surface area contributed by atoms with Gasteiger partial charge in [0.1, 0.15) is 11.2 Å². The highest BCUT2D eigenvalue weighted by Crippen LogP contribution is 2.42. The molecule has 2 heterocycles. The summed E-state index contributed by atoms with van der Waals surface area (Å²) in [5.41, 5.74) is 15.6. The molecule has 0 atom stereocenters. The van der Waals surface area contributed by atoms with E-state index in [4.69, 9.17) is 4.42 Å². The molecule has 11 aromatic carbocycles. The van der Waals surface area contributed by atoms with E-state index in [1.165, 1.54) is 60.0 Å². The highest BCUT2D eigenvalue weighted by molar-refractivity contribution is 6.19. The van der Waals surface area contributed by atoms with Crippen molar-refractivity contribution >= 4 is 82.4 Å². The molecule has 0 unspecified atom stereocenters. The second-order valence-electron chi connectivity index (χ2n) is 16.9. The van der Waals surface area contributed by atoms with Crippen molar-refractivity contribution in [2.24, 2.45) is 0 Å². The first-order valence-electron chi connectivity index (χ1n) is 22.2. The first-order chi connectivity index (χ1) is 32.2. The van der Waals surface area contributed by atoms with Gasteiger partial charge in [0.15, 0.2) is 0 Å². The molecule has 13 aromatic rings. The zero-order valence-electron chi connectivity index (χ0n) is 35.4. The van der Waals surface area contributed by atoms with E-state index in [0.717, 1.165) is 61.4 Å². The third-order valence-corrected chi connectivity index (χ3v) is 13.2. The summed E-state index contributed by atoms with van der Waals surface area (Å²) in [7, 11) is 0. The number of benzene rings is 11. The van der Waals surface area contributed by atoms with Gasteiger partial charge in [0.05, 0.1) is 11.0 Å². The fourth-order valence-electron chi connectivity index (χ4n) is 10.0. The van der Waals surface area contributed by atoms with Crippen LogP contribution in [-0.2, 0) is 0 Å². The Morgan fingerprint density at radius 1 is 0.308 bits per heavy atom. The number of anilines is 3. The smallest absolute Gasteiger partial charge is 0.136 e. The molecule has 0 saturated carbocycles. The van der Waals surface area contributed by atoms with E-state index < -0.39 is 0 Å². The van der Waals surface area contributed by atoms with Crippen LogP contribution in [0.5, 0.6) is 0 Å². The molecule has 0 aliphatic rings. The highest BCUT2D eigenvalue weighted by atomic mass is 16.3. The molecule has 0 amide bonds. The maximum Gasteiger partial charge on any atom is 0.136 e. The highest BCUT2D eigenvalue weighted by Gasteiger charge is 2.18. The van der Waals surface area contributed by atoms with Crippen molar-refractivity contribution in [3.63, 3.8) is 0 Å². The zero-order chi connectivity index (χ0) is 42.8. The van der Waals surface area contributed by atoms with Crippen LogP contribution in [0, 0.1) is 0 Å². The third-order valence-electron chi connectivity index (χ3n) is 13.2. The number of aromatic nitrogens is 1. The lowest BCUT2D eigenvalue weighted by Gasteiger charge is -2.26. The molecule has 0 saturated heterocycles. The minimum Gasteiger partial charge on any atom is -0.456 e. The largest absolute Gasteiger partial charge is 0.456 e. The predicted molar refractivity (Wildman–Crippen MR) is 274 cm³/mol. The molecular weight excluding hydrogens is 789 g/mol. The monoisotopic (exact) mass is 828 g/mol. The van der Waals surface area contributed by atoms with Gasteiger partial charge < -0.3 is 13.9 Å². The number of para-hydroxylation sites is 2. The van der Waals surface area contributed by atoms with Gasteiger partial charge in [0, 0.05) is 49.7 Å². The number of nitrogens with zero attached hydrogens (tertiary/aromatic N) is 2. The fourth-order valence-corrected chi connectivity index (χ4v) is 10.0. The van der Waals surface area contributed by atoms with Gasteiger partial charge in [0.25, 0.3) is 0 Å². The van der Waals surface area contributed by atoms with Gasteiger partial charge in [-0.25, -0.2) is 0 Å². The average molecular weight is 829 g/mol. The maximum atomic E-state index is 6.27. The summed E-state index contributed by atoms with van der Waals surface area (Å²) in [5, 5.41) is 9.76. The van der Waals surface area contributed by atoms with E-state index in [2.05, 4.69) is 240 Å². The molecule has 0 aliphatic heterocycles. The summed E-state index contributed by atoms with van der Waals surface area (Å²) in [6.45, 7) is 0. The van der Waals surface area contributed by atoms with Crippen molar-refractivity contribution in [1.82, 2.24) is 4.57 Å². The normalized spacial score (nSPS) is 11.7. The van der Waals surface area contributed by atoms with Gasteiger partial charge in [-0.2, -0.15) is 0 Å². The zero-order valence-corrected chi connectivity index (χ0v) is 35.4. The van der Waals surface area contributed by atoms with E-state index in [-0.39, 0.29) is 0 Å². The van der Waals surface area contributed by atoms with E-state index in [1.54, 1.807) is 0 Å².